The van der Waals surface area contributed by atoms with Gasteiger partial charge in [-0.15, -0.1) is 5.10 Å². The zero-order valence-electron chi connectivity index (χ0n) is 16.8. The molecule has 3 aliphatic heterocycles. The van der Waals surface area contributed by atoms with Crippen molar-refractivity contribution in [1.29, 1.82) is 0 Å². The van der Waals surface area contributed by atoms with Crippen molar-refractivity contribution in [3.05, 3.63) is 12.1 Å². The Morgan fingerprint density at radius 2 is 2.07 bits per heavy atom. The number of aromatic amines is 1. The summed E-state index contributed by atoms with van der Waals surface area (Å²) < 4.78 is 15.7. The fraction of sp³-hybridized carbons (Fsp3) is 0.632. The van der Waals surface area contributed by atoms with E-state index in [1.807, 2.05) is 0 Å². The monoisotopic (exact) mass is 447 g/mol. The van der Waals surface area contributed by atoms with Gasteiger partial charge in [-0.1, -0.05) is 6.42 Å². The van der Waals surface area contributed by atoms with Crippen LogP contribution in [0.3, 0.4) is 0 Å². The maximum Gasteiger partial charge on any atom is 0.507 e. The van der Waals surface area contributed by atoms with Gasteiger partial charge in [-0.25, -0.2) is 5.10 Å². The van der Waals surface area contributed by atoms with Crippen molar-refractivity contribution in [2.45, 2.75) is 47.6 Å². The standard InChI is InChI=1S/C19H27N8OS2/c28-30-18-16(29-23-13-6-7-20-10-13)5-4-15(17(18)19-21-24-25-22-19)27-11-14(12-27)26-8-2-1-3-9-26/h4-5,13-14,20,23H,1-3,6-12H2,(H,21,22,24,25)/q+1/t13-/m1/s1. The predicted molar refractivity (Wildman–Crippen MR) is 118 cm³/mol. The number of benzene rings is 1. The Bertz CT molecular complexity index is 862. The molecule has 3 fully saturated rings. The van der Waals surface area contributed by atoms with Gasteiger partial charge in [0.1, 0.15) is 5.56 Å². The van der Waals surface area contributed by atoms with E-state index in [2.05, 4.69) is 52.6 Å². The maximum absolute atomic E-state index is 12.2. The molecule has 0 saturated carbocycles. The van der Waals surface area contributed by atoms with E-state index in [0.29, 0.717) is 34.5 Å². The third kappa shape index (κ3) is 4.09. The zero-order chi connectivity index (χ0) is 20.3. The highest BCUT2D eigenvalue weighted by Gasteiger charge is 2.37. The number of hydrogen-bond donors (Lipinski definition) is 3. The predicted octanol–water partition coefficient (Wildman–Crippen LogP) is 1.29. The van der Waals surface area contributed by atoms with E-state index >= 15 is 0 Å². The van der Waals surface area contributed by atoms with E-state index in [9.17, 15) is 4.21 Å². The molecule has 3 saturated heterocycles. The van der Waals surface area contributed by atoms with Crippen LogP contribution in [0.2, 0.25) is 0 Å². The van der Waals surface area contributed by atoms with Gasteiger partial charge in [-0.2, -0.15) is 0 Å². The Morgan fingerprint density at radius 1 is 1.20 bits per heavy atom. The summed E-state index contributed by atoms with van der Waals surface area (Å²) >= 11 is 2.05. The number of nitrogens with zero attached hydrogens (tertiary/aromatic N) is 5. The molecule has 160 valence electrons. The second-order valence-corrected chi connectivity index (χ2v) is 9.64. The summed E-state index contributed by atoms with van der Waals surface area (Å²) in [5, 5.41) is 17.9. The number of likely N-dealkylation sites (tertiary alicyclic amines) is 1. The van der Waals surface area contributed by atoms with Crippen LogP contribution in [0.15, 0.2) is 21.9 Å². The van der Waals surface area contributed by atoms with Gasteiger partial charge >= 0.3 is 16.6 Å². The van der Waals surface area contributed by atoms with Crippen LogP contribution in [-0.4, -0.2) is 76.9 Å². The lowest BCUT2D eigenvalue weighted by molar-refractivity contribution is 0.139. The minimum absolute atomic E-state index is 0.412. The lowest BCUT2D eigenvalue weighted by Crippen LogP contribution is -2.60. The molecule has 1 atom stereocenters. The average Bonchev–Trinajstić information content (AvgIpc) is 3.46. The van der Waals surface area contributed by atoms with Crippen molar-refractivity contribution in [2.24, 2.45) is 0 Å². The highest BCUT2D eigenvalue weighted by atomic mass is 32.2. The van der Waals surface area contributed by atoms with Crippen molar-refractivity contribution in [3.63, 3.8) is 0 Å². The van der Waals surface area contributed by atoms with Gasteiger partial charge < -0.3 is 10.2 Å². The Morgan fingerprint density at radius 3 is 2.77 bits per heavy atom. The van der Waals surface area contributed by atoms with E-state index in [4.69, 9.17) is 0 Å². The second kappa shape index (κ2) is 9.23. The Labute approximate surface area is 184 Å². The molecule has 0 unspecified atom stereocenters. The molecule has 0 amide bonds. The van der Waals surface area contributed by atoms with Gasteiger partial charge in [-0.3, -0.25) is 9.62 Å². The summed E-state index contributed by atoms with van der Waals surface area (Å²) in [7, 11) is 0. The van der Waals surface area contributed by atoms with Crippen LogP contribution >= 0.6 is 11.9 Å². The molecule has 0 aliphatic carbocycles. The molecular formula is C19H27N8OS2+. The van der Waals surface area contributed by atoms with Crippen molar-refractivity contribution in [1.82, 2.24) is 35.6 Å². The number of anilines is 1. The Balaban J connectivity index is 1.39. The van der Waals surface area contributed by atoms with Gasteiger partial charge in [0.2, 0.25) is 0 Å². The third-order valence-corrected chi connectivity index (χ3v) is 8.00. The zero-order valence-corrected chi connectivity index (χ0v) is 18.5. The number of rotatable bonds is 7. The summed E-state index contributed by atoms with van der Waals surface area (Å²) in [4.78, 5) is 6.56. The summed E-state index contributed by atoms with van der Waals surface area (Å²) in [5.41, 5.74) is 1.85. The van der Waals surface area contributed by atoms with E-state index < -0.39 is 0 Å². The molecule has 0 spiro atoms. The van der Waals surface area contributed by atoms with Crippen molar-refractivity contribution in [2.75, 3.05) is 44.2 Å². The van der Waals surface area contributed by atoms with Crippen LogP contribution in [0.4, 0.5) is 5.69 Å². The molecule has 0 radical (unpaired) electrons. The maximum atomic E-state index is 12.2. The smallest absolute Gasteiger partial charge is 0.367 e. The first-order valence-electron chi connectivity index (χ1n) is 10.7. The molecule has 9 nitrogen and oxygen atoms in total. The summed E-state index contributed by atoms with van der Waals surface area (Å²) in [6, 6.07) is 5.17. The largest absolute Gasteiger partial charge is 0.507 e. The molecule has 30 heavy (non-hydrogen) atoms. The quantitative estimate of drug-likeness (QED) is 0.428. The van der Waals surface area contributed by atoms with Gasteiger partial charge in [-0.05, 0) is 73.4 Å². The fourth-order valence-corrected chi connectivity index (χ4v) is 6.03. The number of nitrogens with one attached hydrogen (secondary N) is 3. The van der Waals surface area contributed by atoms with Crippen molar-refractivity contribution in [3.8, 4) is 11.4 Å². The van der Waals surface area contributed by atoms with Crippen LogP contribution in [-0.2, 0) is 15.9 Å². The Kier molecular flexibility index (Phi) is 6.23. The minimum atomic E-state index is 0.412. The highest BCUT2D eigenvalue weighted by Crippen LogP contribution is 2.40. The van der Waals surface area contributed by atoms with E-state index in [-0.39, 0.29) is 0 Å². The van der Waals surface area contributed by atoms with Crippen LogP contribution in [0.5, 0.6) is 0 Å². The SMILES string of the molecule is O=[S+]c1c(SN[C@@H]2CCNC2)ccc(N2CC(N3CCCCC3)C2)c1-c1nnn[nH]1. The molecule has 0 bridgehead atoms. The molecule has 4 heterocycles. The summed E-state index contributed by atoms with van der Waals surface area (Å²) in [5.74, 6) is 0.551. The number of hydrogen-bond acceptors (Lipinski definition) is 9. The third-order valence-electron chi connectivity index (χ3n) is 6.27. The molecule has 2 aromatic rings. The van der Waals surface area contributed by atoms with Gasteiger partial charge in [0.25, 0.3) is 0 Å². The first kappa shape index (κ1) is 20.3. The number of H-pyrrole nitrogens is 1. The lowest BCUT2D eigenvalue weighted by Gasteiger charge is -2.48. The second-order valence-electron chi connectivity index (χ2n) is 8.19. The van der Waals surface area contributed by atoms with E-state index in [0.717, 1.165) is 48.7 Å². The molecule has 3 N–H and O–H groups in total. The molecule has 11 heteroatoms. The number of aromatic nitrogens is 4. The van der Waals surface area contributed by atoms with Crippen LogP contribution < -0.4 is 14.9 Å². The number of piperidine rings is 1. The molecular weight excluding hydrogens is 420 g/mol. The number of tetrazole rings is 1. The van der Waals surface area contributed by atoms with Crippen LogP contribution in [0.1, 0.15) is 25.7 Å². The summed E-state index contributed by atoms with van der Waals surface area (Å²) in [6.45, 7) is 6.36. The highest BCUT2D eigenvalue weighted by molar-refractivity contribution is 7.97. The molecule has 1 aromatic carbocycles. The Hall–Kier alpha value is -1.66. The molecule has 1 aromatic heterocycles. The van der Waals surface area contributed by atoms with E-state index in [1.165, 1.54) is 44.3 Å². The normalized spacial score (nSPS) is 22.9. The summed E-state index contributed by atoms with van der Waals surface area (Å²) in [6.07, 6.45) is 5.05. The van der Waals surface area contributed by atoms with Crippen molar-refractivity contribution < 1.29 is 4.21 Å². The van der Waals surface area contributed by atoms with Gasteiger partial charge in [0.05, 0.1) is 10.6 Å². The van der Waals surface area contributed by atoms with Crippen LogP contribution in [0, 0.1) is 0 Å². The van der Waals surface area contributed by atoms with Crippen molar-refractivity contribution >= 4 is 29.3 Å². The van der Waals surface area contributed by atoms with E-state index in [1.54, 1.807) is 0 Å². The minimum Gasteiger partial charge on any atom is -0.367 e. The molecule has 3 aliphatic rings. The average molecular weight is 448 g/mol. The van der Waals surface area contributed by atoms with Gasteiger partial charge in [0, 0.05) is 35.9 Å². The fourth-order valence-electron chi connectivity index (χ4n) is 4.54. The van der Waals surface area contributed by atoms with Gasteiger partial charge in [0.15, 0.2) is 5.82 Å². The van der Waals surface area contributed by atoms with Crippen LogP contribution in [0.25, 0.3) is 11.4 Å². The first-order chi connectivity index (χ1) is 14.8. The topological polar surface area (TPSA) is 102 Å². The molecule has 5 rings (SSSR count). The lowest BCUT2D eigenvalue weighted by atomic mass is 10.00. The first-order valence-corrected chi connectivity index (χ1v) is 12.2.